The summed E-state index contributed by atoms with van der Waals surface area (Å²) in [6.45, 7) is 0. The Kier molecular flexibility index (Phi) is 4.17. The van der Waals surface area contributed by atoms with Crippen LogP contribution in [0.25, 0.3) is 0 Å². The van der Waals surface area contributed by atoms with Gasteiger partial charge in [-0.05, 0) is 12.1 Å². The molecule has 0 radical (unpaired) electrons. The zero-order chi connectivity index (χ0) is 12.8. The SMILES string of the molecule is C#CCC(NC(=O)c1cccc(F)n1)C(=O)O. The van der Waals surface area contributed by atoms with Gasteiger partial charge in [0.15, 0.2) is 0 Å². The van der Waals surface area contributed by atoms with Crippen LogP contribution in [0.1, 0.15) is 16.9 Å². The minimum Gasteiger partial charge on any atom is -0.480 e. The van der Waals surface area contributed by atoms with Gasteiger partial charge in [0.1, 0.15) is 11.7 Å². The number of carboxylic acid groups (broad SMARTS) is 1. The number of hydrogen-bond donors (Lipinski definition) is 2. The molecule has 0 saturated carbocycles. The molecule has 5 nitrogen and oxygen atoms in total. The van der Waals surface area contributed by atoms with E-state index < -0.39 is 23.9 Å². The Labute approximate surface area is 96.7 Å². The molecule has 2 N–H and O–H groups in total. The Balaban J connectivity index is 2.78. The molecule has 0 aliphatic heterocycles. The molecule has 0 aliphatic carbocycles. The Hall–Kier alpha value is -2.42. The fraction of sp³-hybridized carbons (Fsp3) is 0.182. The molecular weight excluding hydrogens is 227 g/mol. The van der Waals surface area contributed by atoms with Crippen LogP contribution in [0, 0.1) is 18.3 Å². The Morgan fingerprint density at radius 3 is 2.82 bits per heavy atom. The van der Waals surface area contributed by atoms with Gasteiger partial charge >= 0.3 is 5.97 Å². The maximum Gasteiger partial charge on any atom is 0.327 e. The average molecular weight is 236 g/mol. The highest BCUT2D eigenvalue weighted by Gasteiger charge is 2.20. The van der Waals surface area contributed by atoms with Crippen molar-refractivity contribution < 1.29 is 19.1 Å². The van der Waals surface area contributed by atoms with E-state index in [1.807, 2.05) is 0 Å². The summed E-state index contributed by atoms with van der Waals surface area (Å²) < 4.78 is 12.7. The highest BCUT2D eigenvalue weighted by Crippen LogP contribution is 1.99. The molecule has 1 heterocycles. The van der Waals surface area contributed by atoms with Crippen molar-refractivity contribution in [2.75, 3.05) is 0 Å². The normalized spacial score (nSPS) is 11.3. The van der Waals surface area contributed by atoms with Crippen LogP contribution in [0.5, 0.6) is 0 Å². The van der Waals surface area contributed by atoms with Crippen LogP contribution in [0.2, 0.25) is 0 Å². The number of rotatable bonds is 4. The van der Waals surface area contributed by atoms with Gasteiger partial charge < -0.3 is 10.4 Å². The maximum atomic E-state index is 12.7. The first-order valence-corrected chi connectivity index (χ1v) is 4.64. The lowest BCUT2D eigenvalue weighted by Gasteiger charge is -2.10. The van der Waals surface area contributed by atoms with Crippen molar-refractivity contribution in [2.24, 2.45) is 0 Å². The molecule has 0 saturated heterocycles. The minimum absolute atomic E-state index is 0.156. The van der Waals surface area contributed by atoms with Crippen LogP contribution in [0.4, 0.5) is 4.39 Å². The lowest BCUT2D eigenvalue weighted by molar-refractivity contribution is -0.139. The average Bonchev–Trinajstić information content (AvgIpc) is 2.28. The van der Waals surface area contributed by atoms with Crippen molar-refractivity contribution in [3.8, 4) is 12.3 Å². The largest absolute Gasteiger partial charge is 0.480 e. The highest BCUT2D eigenvalue weighted by molar-refractivity contribution is 5.94. The second-order valence-electron chi connectivity index (χ2n) is 3.12. The van der Waals surface area contributed by atoms with Gasteiger partial charge in [-0.2, -0.15) is 4.39 Å². The van der Waals surface area contributed by atoms with E-state index in [2.05, 4.69) is 16.2 Å². The van der Waals surface area contributed by atoms with Crippen molar-refractivity contribution in [3.05, 3.63) is 29.8 Å². The molecule has 0 bridgehead atoms. The zero-order valence-electron chi connectivity index (χ0n) is 8.68. The Bertz CT molecular complexity index is 482. The summed E-state index contributed by atoms with van der Waals surface area (Å²) in [5, 5.41) is 10.9. The second-order valence-corrected chi connectivity index (χ2v) is 3.12. The number of pyridine rings is 1. The number of carbonyl (C=O) groups excluding carboxylic acids is 1. The molecular formula is C11H9FN2O3. The van der Waals surface area contributed by atoms with Crippen LogP contribution in [0.15, 0.2) is 18.2 Å². The Morgan fingerprint density at radius 1 is 1.59 bits per heavy atom. The molecule has 1 amide bonds. The van der Waals surface area contributed by atoms with Crippen molar-refractivity contribution in [3.63, 3.8) is 0 Å². The monoisotopic (exact) mass is 236 g/mol. The number of halogens is 1. The molecule has 1 aromatic rings. The van der Waals surface area contributed by atoms with E-state index in [9.17, 15) is 14.0 Å². The first-order chi connectivity index (χ1) is 8.04. The van der Waals surface area contributed by atoms with Gasteiger partial charge in [0, 0.05) is 6.42 Å². The van der Waals surface area contributed by atoms with E-state index in [0.717, 1.165) is 6.07 Å². The van der Waals surface area contributed by atoms with Crippen LogP contribution < -0.4 is 5.32 Å². The van der Waals surface area contributed by atoms with Crippen LogP contribution in [-0.2, 0) is 4.79 Å². The second kappa shape index (κ2) is 5.61. The topological polar surface area (TPSA) is 79.3 Å². The number of carboxylic acids is 1. The molecule has 0 fully saturated rings. The summed E-state index contributed by atoms with van der Waals surface area (Å²) in [7, 11) is 0. The van der Waals surface area contributed by atoms with E-state index in [-0.39, 0.29) is 12.1 Å². The van der Waals surface area contributed by atoms with Crippen LogP contribution in [-0.4, -0.2) is 28.0 Å². The van der Waals surface area contributed by atoms with E-state index in [0.29, 0.717) is 0 Å². The van der Waals surface area contributed by atoms with Gasteiger partial charge in [0.05, 0.1) is 0 Å². The number of amides is 1. The number of aliphatic carboxylic acids is 1. The third-order valence-electron chi connectivity index (χ3n) is 1.87. The van der Waals surface area contributed by atoms with E-state index in [1.165, 1.54) is 12.1 Å². The molecule has 0 spiro atoms. The smallest absolute Gasteiger partial charge is 0.327 e. The van der Waals surface area contributed by atoms with Gasteiger partial charge in [-0.15, -0.1) is 12.3 Å². The summed E-state index contributed by atoms with van der Waals surface area (Å²) in [4.78, 5) is 25.6. The summed E-state index contributed by atoms with van der Waals surface area (Å²) in [6, 6.07) is 2.44. The number of terminal acetylenes is 1. The third-order valence-corrected chi connectivity index (χ3v) is 1.87. The minimum atomic E-state index is -1.26. The molecule has 1 rings (SSSR count). The van der Waals surface area contributed by atoms with Crippen molar-refractivity contribution in [1.82, 2.24) is 10.3 Å². The number of hydrogen-bond acceptors (Lipinski definition) is 3. The Morgan fingerprint density at radius 2 is 2.29 bits per heavy atom. The first kappa shape index (κ1) is 12.6. The van der Waals surface area contributed by atoms with Gasteiger partial charge in [-0.25, -0.2) is 9.78 Å². The lowest BCUT2D eigenvalue weighted by Crippen LogP contribution is -2.40. The number of nitrogens with one attached hydrogen (secondary N) is 1. The first-order valence-electron chi connectivity index (χ1n) is 4.64. The fourth-order valence-corrected chi connectivity index (χ4v) is 1.08. The quantitative estimate of drug-likeness (QED) is 0.586. The zero-order valence-corrected chi connectivity index (χ0v) is 8.68. The molecule has 0 aliphatic rings. The van der Waals surface area contributed by atoms with E-state index in [1.54, 1.807) is 0 Å². The molecule has 1 unspecified atom stereocenters. The predicted octanol–water partition coefficient (Wildman–Crippen LogP) is 0.427. The lowest BCUT2D eigenvalue weighted by atomic mass is 10.2. The van der Waals surface area contributed by atoms with Crippen molar-refractivity contribution in [1.29, 1.82) is 0 Å². The third kappa shape index (κ3) is 3.57. The molecule has 1 aromatic heterocycles. The van der Waals surface area contributed by atoms with Crippen LogP contribution >= 0.6 is 0 Å². The van der Waals surface area contributed by atoms with Gasteiger partial charge in [0.25, 0.3) is 5.91 Å². The summed E-state index contributed by atoms with van der Waals surface area (Å²) in [5.41, 5.74) is -0.201. The van der Waals surface area contributed by atoms with Gasteiger partial charge in [-0.1, -0.05) is 6.07 Å². The highest BCUT2D eigenvalue weighted by atomic mass is 19.1. The van der Waals surface area contributed by atoms with Crippen LogP contribution in [0.3, 0.4) is 0 Å². The van der Waals surface area contributed by atoms with E-state index >= 15 is 0 Å². The predicted molar refractivity (Wildman–Crippen MR) is 56.5 cm³/mol. The summed E-state index contributed by atoms with van der Waals surface area (Å²) in [5.74, 6) is -0.733. The van der Waals surface area contributed by atoms with Gasteiger partial charge in [-0.3, -0.25) is 4.79 Å². The summed E-state index contributed by atoms with van der Waals surface area (Å²) in [6.07, 6.45) is 4.81. The molecule has 88 valence electrons. The molecule has 0 aromatic carbocycles. The van der Waals surface area contributed by atoms with Crippen molar-refractivity contribution >= 4 is 11.9 Å². The van der Waals surface area contributed by atoms with Crippen molar-refractivity contribution in [2.45, 2.75) is 12.5 Å². The fourth-order valence-electron chi connectivity index (χ4n) is 1.08. The number of aromatic nitrogens is 1. The van der Waals surface area contributed by atoms with Gasteiger partial charge in [0.2, 0.25) is 5.95 Å². The van der Waals surface area contributed by atoms with E-state index in [4.69, 9.17) is 11.5 Å². The maximum absolute atomic E-state index is 12.7. The molecule has 6 heteroatoms. The number of nitrogens with zero attached hydrogens (tertiary/aromatic N) is 1. The number of carbonyl (C=O) groups is 2. The standard InChI is InChI=1S/C11H9FN2O3/c1-2-4-8(11(16)17)14-10(15)7-5-3-6-9(12)13-7/h1,3,5-6,8H,4H2,(H,14,15)(H,16,17). The summed E-state index contributed by atoms with van der Waals surface area (Å²) >= 11 is 0. The molecule has 1 atom stereocenters. The molecule has 17 heavy (non-hydrogen) atoms.